The summed E-state index contributed by atoms with van der Waals surface area (Å²) < 4.78 is 7.09. The molecule has 0 spiro atoms. The summed E-state index contributed by atoms with van der Waals surface area (Å²) >= 11 is -3.41. The fraction of sp³-hybridized carbons (Fsp3) is 0.467. The molecule has 4 aliphatic rings. The number of halogens is 2. The Morgan fingerprint density at radius 3 is 1.26 bits per heavy atom. The van der Waals surface area contributed by atoms with Gasteiger partial charge in [-0.05, 0) is 0 Å². The van der Waals surface area contributed by atoms with Gasteiger partial charge >= 0.3 is 198 Å². The van der Waals surface area contributed by atoms with E-state index in [1.54, 1.807) is 22.3 Å². The summed E-state index contributed by atoms with van der Waals surface area (Å²) in [6, 6.07) is 9.54. The average molecular weight is 591 g/mol. The molecule has 0 radical (unpaired) electrons. The Morgan fingerprint density at radius 2 is 0.941 bits per heavy atom. The van der Waals surface area contributed by atoms with Crippen LogP contribution in [0.3, 0.4) is 0 Å². The number of fused-ring (bicyclic) bond motifs is 2. The maximum absolute atomic E-state index is 3.41. The Labute approximate surface area is 221 Å². The van der Waals surface area contributed by atoms with Crippen LogP contribution in [0.25, 0.3) is 12.2 Å². The van der Waals surface area contributed by atoms with Crippen LogP contribution >= 0.6 is 24.8 Å². The zero-order chi connectivity index (χ0) is 22.6. The summed E-state index contributed by atoms with van der Waals surface area (Å²) in [6.45, 7) is 12.0. The Bertz CT molecular complexity index is 1220. The minimum atomic E-state index is -3.41. The van der Waals surface area contributed by atoms with E-state index in [9.17, 15) is 0 Å². The Morgan fingerprint density at radius 1 is 0.618 bits per heavy atom. The van der Waals surface area contributed by atoms with Gasteiger partial charge in [0.05, 0.1) is 0 Å². The van der Waals surface area contributed by atoms with E-state index in [0.29, 0.717) is 7.25 Å². The van der Waals surface area contributed by atoms with E-state index in [1.807, 2.05) is 11.1 Å². The summed E-state index contributed by atoms with van der Waals surface area (Å²) in [5, 5.41) is 0. The van der Waals surface area contributed by atoms with Gasteiger partial charge in [0, 0.05) is 0 Å². The molecule has 2 fully saturated rings. The quantitative estimate of drug-likeness (QED) is 0.313. The van der Waals surface area contributed by atoms with Gasteiger partial charge < -0.3 is 0 Å². The van der Waals surface area contributed by atoms with Gasteiger partial charge in [-0.2, -0.15) is 0 Å². The van der Waals surface area contributed by atoms with Crippen molar-refractivity contribution in [1.82, 2.24) is 0 Å². The zero-order valence-corrected chi connectivity index (χ0v) is 27.1. The van der Waals surface area contributed by atoms with Crippen LogP contribution in [0.4, 0.5) is 0 Å². The topological polar surface area (TPSA) is 0 Å². The SMILES string of the molecule is Cc1ccc(C)c2c1C=C(C1CC1)[CH]2[Zr]([CH3])([CH3])(=[SiH2])[CH]1C(C2CC2)=Cc2c(C)ccc(C)c21.Cl.Cl. The Hall–Kier alpha value is -0.400. The standard InChI is InChI=1S/2C14H15.2CH3.2ClH.H2Si.Zr/c2*1-9-3-4-10(2)14-8-12(7-13(9)14)11-5-6-11;;;;;;/h2*3-4,7-8,11H,5-6H2,1-2H3;2*1H3;2*1H;1H2;. The Kier molecular flexibility index (Phi) is 6.73. The first-order valence-corrected chi connectivity index (χ1v) is 26.4. The fourth-order valence-corrected chi connectivity index (χ4v) is 27.0. The molecule has 0 amide bonds. The third kappa shape index (κ3) is 3.86. The minimum absolute atomic E-state index is 0. The number of benzene rings is 2. The molecule has 2 unspecified atom stereocenters. The molecule has 2 saturated carbocycles. The van der Waals surface area contributed by atoms with Gasteiger partial charge in [-0.1, -0.05) is 0 Å². The third-order valence-electron chi connectivity index (χ3n) is 9.31. The number of aryl methyl sites for hydroxylation is 4. The number of hydrogen-bond acceptors (Lipinski definition) is 0. The molecular weight excluding hydrogens is 551 g/mol. The summed E-state index contributed by atoms with van der Waals surface area (Å²) in [5.74, 6) is 1.69. The van der Waals surface area contributed by atoms with Crippen molar-refractivity contribution < 1.29 is 17.4 Å². The monoisotopic (exact) mass is 588 g/mol. The van der Waals surface area contributed by atoms with Gasteiger partial charge in [-0.15, -0.1) is 24.8 Å². The first-order valence-electron chi connectivity index (χ1n) is 12.8. The van der Waals surface area contributed by atoms with Crippen LogP contribution < -0.4 is 0 Å². The number of hydrogen-bond donors (Lipinski definition) is 0. The predicted molar refractivity (Wildman–Crippen MR) is 153 cm³/mol. The number of allylic oxidation sites excluding steroid dienone is 2. The van der Waals surface area contributed by atoms with Crippen molar-refractivity contribution >= 4 is 43.8 Å². The molecule has 0 saturated heterocycles. The molecule has 0 heterocycles. The van der Waals surface area contributed by atoms with Crippen molar-refractivity contribution in [2.45, 2.75) is 69.9 Å². The van der Waals surface area contributed by atoms with Crippen LogP contribution in [-0.4, -0.2) is 6.88 Å². The second kappa shape index (κ2) is 8.58. The molecule has 0 nitrogen and oxygen atoms in total. The van der Waals surface area contributed by atoms with Gasteiger partial charge in [-0.25, -0.2) is 0 Å². The van der Waals surface area contributed by atoms with E-state index in [0.717, 1.165) is 11.8 Å². The molecule has 0 N–H and O–H groups in total. The molecule has 4 heteroatoms. The maximum Gasteiger partial charge on any atom is -0.147 e. The van der Waals surface area contributed by atoms with Crippen LogP contribution in [0.15, 0.2) is 35.4 Å². The van der Waals surface area contributed by atoms with E-state index in [-0.39, 0.29) is 24.8 Å². The summed E-state index contributed by atoms with van der Waals surface area (Å²) in [6.07, 6.45) is 11.0. The molecule has 34 heavy (non-hydrogen) atoms. The van der Waals surface area contributed by atoms with E-state index >= 15 is 0 Å². The third-order valence-corrected chi connectivity index (χ3v) is 26.5. The van der Waals surface area contributed by atoms with Crippen molar-refractivity contribution in [2.24, 2.45) is 11.8 Å². The largest absolute Gasteiger partial charge is 0.147 e. The van der Waals surface area contributed by atoms with Gasteiger partial charge in [0.2, 0.25) is 0 Å². The van der Waals surface area contributed by atoms with E-state index < -0.39 is 17.4 Å². The summed E-state index contributed by atoms with van der Waals surface area (Å²) in [7, 11) is 0. The molecule has 4 aliphatic carbocycles. The summed E-state index contributed by atoms with van der Waals surface area (Å²) in [5.41, 5.74) is 16.3. The van der Waals surface area contributed by atoms with Crippen molar-refractivity contribution in [3.8, 4) is 0 Å². The average Bonchev–Trinajstić information content (AvgIpc) is 3.66. The van der Waals surface area contributed by atoms with E-state index in [1.165, 1.54) is 47.9 Å². The van der Waals surface area contributed by atoms with Gasteiger partial charge in [0.15, 0.2) is 0 Å². The van der Waals surface area contributed by atoms with Crippen LogP contribution in [0, 0.1) is 39.5 Å². The van der Waals surface area contributed by atoms with Crippen molar-refractivity contribution in [3.63, 3.8) is 0 Å². The molecule has 0 bridgehead atoms. The minimum Gasteiger partial charge on any atom is -0.147 e. The first kappa shape index (κ1) is 26.7. The maximum atomic E-state index is 2.84. The molecule has 2 atom stereocenters. The molecule has 6 rings (SSSR count). The van der Waals surface area contributed by atoms with Gasteiger partial charge in [0.25, 0.3) is 0 Å². The van der Waals surface area contributed by atoms with Crippen LogP contribution in [0.2, 0.25) is 9.26 Å². The normalized spacial score (nSPS) is 23.4. The molecule has 0 aliphatic heterocycles. The van der Waals surface area contributed by atoms with E-state index in [2.05, 4.69) is 80.3 Å². The van der Waals surface area contributed by atoms with Crippen molar-refractivity contribution in [2.75, 3.05) is 0 Å². The predicted octanol–water partition coefficient (Wildman–Crippen LogP) is 8.49. The molecule has 182 valence electrons. The van der Waals surface area contributed by atoms with Crippen LogP contribution in [0.1, 0.15) is 77.4 Å². The molecular formula is C30H40Cl2SiZr. The summed E-state index contributed by atoms with van der Waals surface area (Å²) in [4.78, 5) is 0. The van der Waals surface area contributed by atoms with Gasteiger partial charge in [0.1, 0.15) is 0 Å². The molecule has 2 aromatic rings. The smallest absolute Gasteiger partial charge is 0.147 e. The van der Waals surface area contributed by atoms with Crippen molar-refractivity contribution in [3.05, 3.63) is 79.9 Å². The zero-order valence-electron chi connectivity index (χ0n) is 21.6. The van der Waals surface area contributed by atoms with Gasteiger partial charge in [-0.3, -0.25) is 0 Å². The van der Waals surface area contributed by atoms with E-state index in [4.69, 9.17) is 0 Å². The first-order chi connectivity index (χ1) is 15.1. The van der Waals surface area contributed by atoms with Crippen LogP contribution in [0.5, 0.6) is 0 Å². The van der Waals surface area contributed by atoms with Crippen LogP contribution in [-0.2, 0) is 17.4 Å². The molecule has 2 aromatic carbocycles. The second-order valence-corrected chi connectivity index (χ2v) is 43.2. The number of rotatable bonds is 4. The second-order valence-electron chi connectivity index (χ2n) is 12.7. The fourth-order valence-electron chi connectivity index (χ4n) is 7.44. The Balaban J connectivity index is 0.00000137. The van der Waals surface area contributed by atoms with Crippen molar-refractivity contribution in [1.29, 1.82) is 0 Å². The molecule has 0 aromatic heterocycles.